The van der Waals surface area contributed by atoms with E-state index in [-0.39, 0.29) is 49.5 Å². The fraction of sp³-hybridized carbons (Fsp3) is 0.536. The minimum atomic E-state index is -1.49. The number of benzene rings is 1. The first-order valence-corrected chi connectivity index (χ1v) is 13.7. The van der Waals surface area contributed by atoms with Gasteiger partial charge >= 0.3 is 30.9 Å². The van der Waals surface area contributed by atoms with Crippen molar-refractivity contribution in [3.05, 3.63) is 41.7 Å². The zero-order chi connectivity index (χ0) is 31.4. The van der Waals surface area contributed by atoms with Gasteiger partial charge in [0.15, 0.2) is 5.78 Å². The maximum absolute atomic E-state index is 13.2. The molecule has 4 amide bonds. The molecule has 13 nitrogen and oxygen atoms in total. The van der Waals surface area contributed by atoms with Gasteiger partial charge in [0, 0.05) is 37.3 Å². The van der Waals surface area contributed by atoms with Crippen LogP contribution in [0.2, 0.25) is 5.82 Å². The predicted octanol–water partition coefficient (Wildman–Crippen LogP) is 1.27. The lowest BCUT2D eigenvalue weighted by atomic mass is 9.64. The van der Waals surface area contributed by atoms with Gasteiger partial charge in [0.1, 0.15) is 17.4 Å². The average Bonchev–Trinajstić information content (AvgIpc) is 2.92. The number of ether oxygens (including phenoxy) is 2. The van der Waals surface area contributed by atoms with Gasteiger partial charge in [0.2, 0.25) is 6.79 Å². The highest BCUT2D eigenvalue weighted by Gasteiger charge is 2.41. The number of carbonyl (C=O) groups is 5. The van der Waals surface area contributed by atoms with Crippen LogP contribution in [-0.4, -0.2) is 95.2 Å². The third-order valence-corrected chi connectivity index (χ3v) is 7.21. The summed E-state index contributed by atoms with van der Waals surface area (Å²) in [4.78, 5) is 65.2. The number of aliphatic hydroxyl groups is 1. The Morgan fingerprint density at radius 3 is 2.50 bits per heavy atom. The molecule has 1 fully saturated rings. The lowest BCUT2D eigenvalue weighted by Crippen LogP contribution is -2.61. The zero-order valence-electron chi connectivity index (χ0n) is 24.5. The summed E-state index contributed by atoms with van der Waals surface area (Å²) in [5.74, 6) is -3.42. The summed E-state index contributed by atoms with van der Waals surface area (Å²) in [5.41, 5.74) is 0.273. The van der Waals surface area contributed by atoms with E-state index in [0.717, 1.165) is 0 Å². The smallest absolute Gasteiger partial charge is 0.526 e. The van der Waals surface area contributed by atoms with E-state index in [1.165, 1.54) is 17.9 Å². The first-order valence-electron chi connectivity index (χ1n) is 13.7. The van der Waals surface area contributed by atoms with Crippen LogP contribution in [0.25, 0.3) is 0 Å². The second-order valence-corrected chi connectivity index (χ2v) is 11.3. The molecule has 2 aliphatic heterocycles. The molecule has 228 valence electrons. The van der Waals surface area contributed by atoms with Gasteiger partial charge in [-0.15, -0.1) is 0 Å². The van der Waals surface area contributed by atoms with Gasteiger partial charge in [0.25, 0.3) is 0 Å². The normalized spacial score (nSPS) is 18.5. The molecule has 14 heteroatoms. The molecular formula is C28H38BN3O10. The van der Waals surface area contributed by atoms with Gasteiger partial charge in [0.05, 0.1) is 11.9 Å². The van der Waals surface area contributed by atoms with Crippen LogP contribution in [0.4, 0.5) is 4.79 Å². The van der Waals surface area contributed by atoms with E-state index >= 15 is 0 Å². The maximum atomic E-state index is 13.2. The number of hydrogen-bond donors (Lipinski definition) is 3. The van der Waals surface area contributed by atoms with E-state index in [1.54, 1.807) is 19.1 Å². The molecule has 0 bridgehead atoms. The van der Waals surface area contributed by atoms with Gasteiger partial charge in [-0.25, -0.2) is 9.59 Å². The van der Waals surface area contributed by atoms with Crippen molar-refractivity contribution in [3.63, 3.8) is 0 Å². The van der Waals surface area contributed by atoms with Crippen LogP contribution in [0, 0.1) is 5.41 Å². The average molecular weight is 587 g/mol. The van der Waals surface area contributed by atoms with Crippen molar-refractivity contribution in [2.75, 3.05) is 26.4 Å². The number of carbonyl (C=O) groups excluding carboxylic acids is 5. The highest BCUT2D eigenvalue weighted by Crippen LogP contribution is 2.37. The van der Waals surface area contributed by atoms with Crippen molar-refractivity contribution in [2.45, 2.75) is 65.4 Å². The van der Waals surface area contributed by atoms with Gasteiger partial charge < -0.3 is 34.5 Å². The second kappa shape index (κ2) is 13.4. The number of aliphatic hydroxyl groups excluding tert-OH is 1. The van der Waals surface area contributed by atoms with Crippen LogP contribution in [0.15, 0.2) is 30.5 Å². The summed E-state index contributed by atoms with van der Waals surface area (Å²) in [6, 6.07) is 2.37. The number of hydrogen-bond acceptors (Lipinski definition) is 10. The number of fused-ring (bicyclic) bond motifs is 1. The fourth-order valence-electron chi connectivity index (χ4n) is 4.50. The Bertz CT molecular complexity index is 1240. The number of rotatable bonds is 10. The van der Waals surface area contributed by atoms with Crippen LogP contribution < -0.4 is 9.97 Å². The topological polar surface area (TPSA) is 172 Å². The number of piperazine rings is 1. The number of amides is 4. The molecule has 0 radical (unpaired) electrons. The van der Waals surface area contributed by atoms with Gasteiger partial charge in [-0.3, -0.25) is 19.3 Å². The molecular weight excluding hydrogens is 549 g/mol. The number of imide groups is 1. The summed E-state index contributed by atoms with van der Waals surface area (Å²) in [6.45, 7) is 12.6. The molecule has 42 heavy (non-hydrogen) atoms. The van der Waals surface area contributed by atoms with Crippen LogP contribution in [0.5, 0.6) is 5.75 Å². The Morgan fingerprint density at radius 2 is 1.88 bits per heavy atom. The number of allylic oxidation sites excluding steroid dienone is 1. The van der Waals surface area contributed by atoms with E-state index in [1.807, 2.05) is 20.8 Å². The first-order chi connectivity index (χ1) is 19.6. The maximum Gasteiger partial charge on any atom is 0.526 e. The monoisotopic (exact) mass is 587 g/mol. The Balaban J connectivity index is 1.65. The molecule has 3 N–H and O–H groups in total. The fourth-order valence-corrected chi connectivity index (χ4v) is 4.50. The van der Waals surface area contributed by atoms with Crippen molar-refractivity contribution in [1.82, 2.24) is 15.1 Å². The van der Waals surface area contributed by atoms with Crippen LogP contribution >= 0.6 is 0 Å². The number of Topliss-reactive ketones (excluding diaryl/α,β-unsaturated/α-hetero) is 1. The predicted molar refractivity (Wildman–Crippen MR) is 150 cm³/mol. The molecule has 2 unspecified atom stereocenters. The Morgan fingerprint density at radius 1 is 1.19 bits per heavy atom. The molecule has 0 saturated carbocycles. The standard InChI is InChI=1S/C28H38BN3O10/c1-7-31-11-12-32(25(36)24(31)35)27(38)30-22(16(2)33)21(34)14-19-13-18-9-8-10-20(23(18)42-29(19)39)26(37)41-15-40-17(3)28(4,5)6/h8-10,16,19,22,33,39H,3,7,11-15H2,1-2,4-6H3,(H,30,38)/t16?,19-,22?/m1/s1. The number of nitrogens with zero attached hydrogens (tertiary/aromatic N) is 2. The number of para-hydroxylation sites is 1. The highest BCUT2D eigenvalue weighted by molar-refractivity contribution is 6.47. The van der Waals surface area contributed by atoms with Crippen LogP contribution in [0.3, 0.4) is 0 Å². The van der Waals surface area contributed by atoms with Crippen molar-refractivity contribution in [1.29, 1.82) is 0 Å². The number of urea groups is 1. The van der Waals surface area contributed by atoms with E-state index in [9.17, 15) is 34.1 Å². The first kappa shape index (κ1) is 32.6. The summed E-state index contributed by atoms with van der Waals surface area (Å²) in [6.07, 6.45) is -1.49. The summed E-state index contributed by atoms with van der Waals surface area (Å²) >= 11 is 0. The molecule has 1 saturated heterocycles. The lowest BCUT2D eigenvalue weighted by molar-refractivity contribution is -0.153. The number of esters is 1. The molecule has 1 aromatic carbocycles. The van der Waals surface area contributed by atoms with E-state index in [2.05, 4.69) is 11.9 Å². The molecule has 1 aromatic rings. The molecule has 3 rings (SSSR count). The third kappa shape index (κ3) is 7.48. The molecule has 0 aliphatic carbocycles. The van der Waals surface area contributed by atoms with Gasteiger partial charge in [-0.1, -0.05) is 39.5 Å². The van der Waals surface area contributed by atoms with E-state index in [0.29, 0.717) is 22.8 Å². The van der Waals surface area contributed by atoms with Gasteiger partial charge in [-0.05, 0) is 31.9 Å². The number of nitrogens with one attached hydrogen (secondary N) is 1. The number of likely N-dealkylation sites (N-methyl/N-ethyl adjacent to an activating group) is 1. The minimum Gasteiger partial charge on any atom is -0.535 e. The van der Waals surface area contributed by atoms with Crippen molar-refractivity contribution in [2.24, 2.45) is 5.41 Å². The Kier molecular flexibility index (Phi) is 10.4. The Labute approximate surface area is 244 Å². The lowest BCUT2D eigenvalue weighted by Gasteiger charge is -2.33. The number of ketones is 1. The van der Waals surface area contributed by atoms with Crippen molar-refractivity contribution in [3.8, 4) is 5.75 Å². The summed E-state index contributed by atoms with van der Waals surface area (Å²) in [7, 11) is -1.49. The van der Waals surface area contributed by atoms with Crippen LogP contribution in [0.1, 0.15) is 57.0 Å². The largest absolute Gasteiger partial charge is 0.535 e. The zero-order valence-corrected chi connectivity index (χ0v) is 24.5. The highest BCUT2D eigenvalue weighted by atomic mass is 16.7. The minimum absolute atomic E-state index is 0.0564. The summed E-state index contributed by atoms with van der Waals surface area (Å²) < 4.78 is 16.2. The quantitative estimate of drug-likeness (QED) is 0.119. The molecule has 2 aliphatic rings. The second-order valence-electron chi connectivity index (χ2n) is 11.3. The Hall–Kier alpha value is -3.91. The van der Waals surface area contributed by atoms with Crippen LogP contribution in [-0.2, 0) is 30.3 Å². The summed E-state index contributed by atoms with van der Waals surface area (Å²) in [5, 5.41) is 23.3. The van der Waals surface area contributed by atoms with Gasteiger partial charge in [-0.2, -0.15) is 0 Å². The molecule has 2 heterocycles. The third-order valence-electron chi connectivity index (χ3n) is 7.21. The van der Waals surface area contributed by atoms with Crippen molar-refractivity contribution >= 4 is 36.7 Å². The van der Waals surface area contributed by atoms with E-state index < -0.39 is 54.7 Å². The molecule has 3 atom stereocenters. The van der Waals surface area contributed by atoms with Crippen molar-refractivity contribution < 1.29 is 48.2 Å². The molecule has 0 spiro atoms. The molecule has 0 aromatic heterocycles. The van der Waals surface area contributed by atoms with E-state index in [4.69, 9.17) is 14.1 Å². The SMILES string of the molecule is C=C(OCOC(=O)c1cccc2c1OB(O)[C@@H](CC(=O)C(NC(=O)N1CCN(CC)C(=O)C1=O)C(C)O)C2)C(C)(C)C.